The molecule has 0 aliphatic carbocycles. The SMILES string of the molecule is CCn1cc(CNC(=O)c2cc3nc(-c4ccc(F)cc4)cc(C(F)(F)F)n3n2)cn1. The summed E-state index contributed by atoms with van der Waals surface area (Å²) in [6.45, 7) is 2.73. The molecule has 0 atom stereocenters. The summed E-state index contributed by atoms with van der Waals surface area (Å²) in [6, 6.07) is 6.90. The number of fused-ring (bicyclic) bond motifs is 1. The predicted octanol–water partition coefficient (Wildman–Crippen LogP) is 3.70. The van der Waals surface area contributed by atoms with E-state index >= 15 is 0 Å². The first-order valence-electron chi connectivity index (χ1n) is 9.28. The largest absolute Gasteiger partial charge is 0.433 e. The highest BCUT2D eigenvalue weighted by Crippen LogP contribution is 2.32. The van der Waals surface area contributed by atoms with Gasteiger partial charge in [-0.05, 0) is 37.3 Å². The van der Waals surface area contributed by atoms with Crippen molar-refractivity contribution in [3.05, 3.63) is 71.6 Å². The number of aromatic nitrogens is 5. The molecule has 160 valence electrons. The zero-order valence-corrected chi connectivity index (χ0v) is 16.2. The molecule has 4 aromatic rings. The lowest BCUT2D eigenvalue weighted by Gasteiger charge is -2.11. The minimum atomic E-state index is -4.75. The molecule has 4 rings (SSSR count). The number of carbonyl (C=O) groups excluding carboxylic acids is 1. The number of carbonyl (C=O) groups is 1. The van der Waals surface area contributed by atoms with E-state index in [9.17, 15) is 22.4 Å². The third-order valence-corrected chi connectivity index (χ3v) is 4.55. The van der Waals surface area contributed by atoms with Crippen LogP contribution in [0.25, 0.3) is 16.9 Å². The first-order chi connectivity index (χ1) is 14.7. The van der Waals surface area contributed by atoms with Crippen LogP contribution in [0.4, 0.5) is 17.6 Å². The Morgan fingerprint density at radius 2 is 1.90 bits per heavy atom. The van der Waals surface area contributed by atoms with Gasteiger partial charge in [0.25, 0.3) is 5.91 Å². The zero-order valence-electron chi connectivity index (χ0n) is 16.2. The van der Waals surface area contributed by atoms with Crippen LogP contribution in [0, 0.1) is 5.82 Å². The van der Waals surface area contributed by atoms with Crippen LogP contribution in [0.15, 0.2) is 48.8 Å². The lowest BCUT2D eigenvalue weighted by molar-refractivity contribution is -0.142. The van der Waals surface area contributed by atoms with E-state index < -0.39 is 23.6 Å². The number of amides is 1. The molecule has 0 radical (unpaired) electrons. The Labute approximate surface area is 173 Å². The molecule has 1 aromatic carbocycles. The Morgan fingerprint density at radius 1 is 1.16 bits per heavy atom. The number of halogens is 4. The van der Waals surface area contributed by atoms with Crippen LogP contribution in [0.5, 0.6) is 0 Å². The van der Waals surface area contributed by atoms with Crippen molar-refractivity contribution in [1.29, 1.82) is 0 Å². The van der Waals surface area contributed by atoms with E-state index in [1.807, 2.05) is 6.92 Å². The quantitative estimate of drug-likeness (QED) is 0.488. The van der Waals surface area contributed by atoms with Gasteiger partial charge in [0.15, 0.2) is 17.0 Å². The fourth-order valence-electron chi connectivity index (χ4n) is 3.00. The van der Waals surface area contributed by atoms with E-state index in [0.717, 1.165) is 23.8 Å². The molecule has 0 bridgehead atoms. The van der Waals surface area contributed by atoms with E-state index in [1.165, 1.54) is 18.2 Å². The Morgan fingerprint density at radius 3 is 2.55 bits per heavy atom. The molecule has 3 heterocycles. The van der Waals surface area contributed by atoms with Gasteiger partial charge in [-0.15, -0.1) is 0 Å². The normalized spacial score (nSPS) is 11.8. The summed E-state index contributed by atoms with van der Waals surface area (Å²) in [7, 11) is 0. The molecule has 0 saturated carbocycles. The van der Waals surface area contributed by atoms with Gasteiger partial charge in [0.2, 0.25) is 0 Å². The van der Waals surface area contributed by atoms with Crippen molar-refractivity contribution in [2.24, 2.45) is 0 Å². The van der Waals surface area contributed by atoms with Crippen LogP contribution in [-0.2, 0) is 19.3 Å². The van der Waals surface area contributed by atoms with Crippen LogP contribution in [0.2, 0.25) is 0 Å². The van der Waals surface area contributed by atoms with Gasteiger partial charge in [-0.3, -0.25) is 9.48 Å². The van der Waals surface area contributed by atoms with Gasteiger partial charge in [-0.2, -0.15) is 23.4 Å². The van der Waals surface area contributed by atoms with E-state index in [-0.39, 0.29) is 23.6 Å². The highest BCUT2D eigenvalue weighted by Gasteiger charge is 2.35. The maximum Gasteiger partial charge on any atom is 0.433 e. The third-order valence-electron chi connectivity index (χ3n) is 4.55. The lowest BCUT2D eigenvalue weighted by Crippen LogP contribution is -2.23. The van der Waals surface area contributed by atoms with E-state index in [2.05, 4.69) is 20.5 Å². The Balaban J connectivity index is 1.67. The zero-order chi connectivity index (χ0) is 22.2. The van der Waals surface area contributed by atoms with Gasteiger partial charge < -0.3 is 5.32 Å². The summed E-state index contributed by atoms with van der Waals surface area (Å²) in [5.41, 5.74) is -0.435. The molecule has 0 unspecified atom stereocenters. The molecule has 31 heavy (non-hydrogen) atoms. The minimum Gasteiger partial charge on any atom is -0.346 e. The second kappa shape index (κ2) is 7.82. The molecule has 0 aliphatic rings. The lowest BCUT2D eigenvalue weighted by atomic mass is 10.1. The maximum atomic E-state index is 13.6. The van der Waals surface area contributed by atoms with E-state index in [4.69, 9.17) is 0 Å². The Bertz CT molecular complexity index is 1240. The molecular weight excluding hydrogens is 416 g/mol. The molecule has 7 nitrogen and oxygen atoms in total. The summed E-state index contributed by atoms with van der Waals surface area (Å²) >= 11 is 0. The predicted molar refractivity (Wildman–Crippen MR) is 102 cm³/mol. The topological polar surface area (TPSA) is 77.1 Å². The van der Waals surface area contributed by atoms with Crippen LogP contribution in [0.1, 0.15) is 28.7 Å². The third kappa shape index (κ3) is 4.25. The molecule has 1 amide bonds. The molecule has 0 saturated heterocycles. The van der Waals surface area contributed by atoms with Crippen LogP contribution >= 0.6 is 0 Å². The average molecular weight is 432 g/mol. The number of aryl methyl sites for hydroxylation is 1. The number of benzene rings is 1. The molecule has 0 aliphatic heterocycles. The highest BCUT2D eigenvalue weighted by molar-refractivity contribution is 5.93. The minimum absolute atomic E-state index is 0.0151. The van der Waals surface area contributed by atoms with Gasteiger partial charge in [-0.1, -0.05) is 0 Å². The smallest absolute Gasteiger partial charge is 0.346 e. The van der Waals surface area contributed by atoms with Crippen LogP contribution < -0.4 is 5.32 Å². The van der Waals surface area contributed by atoms with Gasteiger partial charge in [0.1, 0.15) is 5.82 Å². The first kappa shape index (κ1) is 20.5. The van der Waals surface area contributed by atoms with Crippen molar-refractivity contribution in [1.82, 2.24) is 29.7 Å². The number of hydrogen-bond donors (Lipinski definition) is 1. The molecular formula is C20H16F4N6O. The number of hydrogen-bond acceptors (Lipinski definition) is 4. The van der Waals surface area contributed by atoms with E-state index in [0.29, 0.717) is 16.6 Å². The first-order valence-corrected chi connectivity index (χ1v) is 9.28. The number of rotatable bonds is 5. The van der Waals surface area contributed by atoms with Gasteiger partial charge in [0.05, 0.1) is 11.9 Å². The molecule has 0 fully saturated rings. The van der Waals surface area contributed by atoms with Crippen LogP contribution in [0.3, 0.4) is 0 Å². The monoisotopic (exact) mass is 432 g/mol. The van der Waals surface area contributed by atoms with Gasteiger partial charge in [-0.25, -0.2) is 13.9 Å². The number of nitrogens with zero attached hydrogens (tertiary/aromatic N) is 5. The van der Waals surface area contributed by atoms with E-state index in [1.54, 1.807) is 17.1 Å². The summed E-state index contributed by atoms with van der Waals surface area (Å²) in [4.78, 5) is 16.6. The average Bonchev–Trinajstić information content (AvgIpc) is 3.37. The van der Waals surface area contributed by atoms with Crippen molar-refractivity contribution in [2.75, 3.05) is 0 Å². The second-order valence-corrected chi connectivity index (χ2v) is 6.72. The van der Waals surface area contributed by atoms with Gasteiger partial charge in [0, 0.05) is 36.5 Å². The fourth-order valence-corrected chi connectivity index (χ4v) is 3.00. The van der Waals surface area contributed by atoms with Crippen molar-refractivity contribution in [2.45, 2.75) is 26.2 Å². The Kier molecular flexibility index (Phi) is 5.17. The summed E-state index contributed by atoms with van der Waals surface area (Å²) in [5, 5.41) is 10.5. The summed E-state index contributed by atoms with van der Waals surface area (Å²) in [5.74, 6) is -1.17. The van der Waals surface area contributed by atoms with Gasteiger partial charge >= 0.3 is 6.18 Å². The maximum absolute atomic E-state index is 13.6. The molecule has 3 aromatic heterocycles. The molecule has 0 spiro atoms. The summed E-state index contributed by atoms with van der Waals surface area (Å²) < 4.78 is 56.3. The van der Waals surface area contributed by atoms with Crippen molar-refractivity contribution in [3.8, 4) is 11.3 Å². The molecule has 11 heteroatoms. The number of alkyl halides is 3. The summed E-state index contributed by atoms with van der Waals surface area (Å²) in [6.07, 6.45) is -1.40. The highest BCUT2D eigenvalue weighted by atomic mass is 19.4. The van der Waals surface area contributed by atoms with Crippen molar-refractivity contribution >= 4 is 11.6 Å². The van der Waals surface area contributed by atoms with Crippen molar-refractivity contribution in [3.63, 3.8) is 0 Å². The second-order valence-electron chi connectivity index (χ2n) is 6.72. The standard InChI is InChI=1S/C20H16F4N6O/c1-2-29-11-12(10-26-29)9-25-19(31)16-8-18-27-15(13-3-5-14(21)6-4-13)7-17(20(22,23)24)30(18)28-16/h3-8,10-11H,2,9H2,1H3,(H,25,31). The fraction of sp³-hybridized carbons (Fsp3) is 0.200. The molecule has 1 N–H and O–H groups in total. The number of nitrogens with one attached hydrogen (secondary N) is 1. The van der Waals surface area contributed by atoms with Crippen molar-refractivity contribution < 1.29 is 22.4 Å². The Hall–Kier alpha value is -3.76. The van der Waals surface area contributed by atoms with Crippen LogP contribution in [-0.4, -0.2) is 30.3 Å².